The van der Waals surface area contributed by atoms with Crippen molar-refractivity contribution in [3.63, 3.8) is 0 Å². The van der Waals surface area contributed by atoms with Gasteiger partial charge in [0, 0.05) is 35.1 Å². The van der Waals surface area contributed by atoms with Crippen LogP contribution in [0, 0.1) is 12.3 Å². The molecule has 4 aromatic rings. The minimum absolute atomic E-state index is 0.252. The van der Waals surface area contributed by atoms with Gasteiger partial charge < -0.3 is 19.9 Å². The van der Waals surface area contributed by atoms with E-state index in [1.54, 1.807) is 0 Å². The Kier molecular flexibility index (Phi) is 5.62. The third-order valence-corrected chi connectivity index (χ3v) is 8.28. The number of benzene rings is 1. The van der Waals surface area contributed by atoms with Crippen molar-refractivity contribution in [2.24, 2.45) is 5.41 Å². The number of rotatable bonds is 3. The summed E-state index contributed by atoms with van der Waals surface area (Å²) < 4.78 is 6.25. The van der Waals surface area contributed by atoms with Gasteiger partial charge in [-0.25, -0.2) is 19.9 Å². The zero-order chi connectivity index (χ0) is 25.9. The molecule has 0 bridgehead atoms. The van der Waals surface area contributed by atoms with Crippen molar-refractivity contribution in [1.82, 2.24) is 30.2 Å². The van der Waals surface area contributed by atoms with Gasteiger partial charge in [0.1, 0.15) is 29.8 Å². The predicted octanol–water partition coefficient (Wildman–Crippen LogP) is 5.06. The number of aromatic amines is 1. The number of imidazole rings is 1. The average molecular weight is 510 g/mol. The third kappa shape index (κ3) is 4.30. The highest BCUT2D eigenvalue weighted by Gasteiger charge is 2.33. The molecule has 1 saturated heterocycles. The molecule has 38 heavy (non-hydrogen) atoms. The number of anilines is 1. The number of aryl methyl sites for hydroxylation is 2. The second kappa shape index (κ2) is 9.05. The van der Waals surface area contributed by atoms with Crippen molar-refractivity contribution in [3.8, 4) is 16.9 Å². The molecule has 2 aliphatic heterocycles. The maximum absolute atomic E-state index is 6.25. The van der Waals surface area contributed by atoms with Gasteiger partial charge >= 0.3 is 0 Å². The number of aromatic nitrogens is 5. The third-order valence-electron chi connectivity index (χ3n) is 8.28. The van der Waals surface area contributed by atoms with E-state index in [0.29, 0.717) is 6.61 Å². The molecule has 0 spiro atoms. The lowest BCUT2D eigenvalue weighted by Gasteiger charge is -2.34. The van der Waals surface area contributed by atoms with Crippen LogP contribution in [-0.4, -0.2) is 44.6 Å². The first-order valence-electron chi connectivity index (χ1n) is 13.9. The summed E-state index contributed by atoms with van der Waals surface area (Å²) in [7, 11) is 0. The normalized spacial score (nSPS) is 20.6. The largest absolute Gasteiger partial charge is 0.491 e. The number of nitrogens with one attached hydrogen (secondary N) is 2. The smallest absolute Gasteiger partial charge is 0.177 e. The van der Waals surface area contributed by atoms with Crippen LogP contribution in [0.4, 0.5) is 5.82 Å². The van der Waals surface area contributed by atoms with Crippen molar-refractivity contribution < 1.29 is 4.74 Å². The van der Waals surface area contributed by atoms with E-state index in [4.69, 9.17) is 14.7 Å². The van der Waals surface area contributed by atoms with E-state index in [-0.39, 0.29) is 11.5 Å². The molecule has 8 heteroatoms. The van der Waals surface area contributed by atoms with Crippen LogP contribution < -0.4 is 15.0 Å². The van der Waals surface area contributed by atoms with E-state index >= 15 is 0 Å². The Balaban J connectivity index is 1.27. The first kappa shape index (κ1) is 23.6. The quantitative estimate of drug-likeness (QED) is 0.399. The summed E-state index contributed by atoms with van der Waals surface area (Å²) in [6, 6.07) is 8.85. The molecule has 3 aromatic heterocycles. The number of H-pyrrole nitrogens is 1. The molecule has 2 N–H and O–H groups in total. The molecule has 0 radical (unpaired) electrons. The highest BCUT2D eigenvalue weighted by atomic mass is 16.5. The standard InChI is InChI=1S/C30H35N7O/c1-18-33-25-14-20(16-32-27(25)34-18)19-6-7-26-21(13-19)17-37(11-12-38-26)29-22-15-30(2,3)9-8-23(22)35-28(36-29)24-5-4-10-31-24/h6-7,13-14,16,24,31H,4-5,8-12,15,17H2,1-3H3,(H,32,33,34)/t24-/m1/s1. The van der Waals surface area contributed by atoms with E-state index in [9.17, 15) is 0 Å². The van der Waals surface area contributed by atoms with Gasteiger partial charge in [-0.15, -0.1) is 0 Å². The second-order valence-electron chi connectivity index (χ2n) is 11.8. The van der Waals surface area contributed by atoms with Crippen LogP contribution in [-0.2, 0) is 19.4 Å². The van der Waals surface area contributed by atoms with Gasteiger partial charge in [0.05, 0.1) is 18.1 Å². The van der Waals surface area contributed by atoms with Crippen molar-refractivity contribution in [2.45, 2.75) is 65.5 Å². The average Bonchev–Trinajstić information content (AvgIpc) is 3.51. The van der Waals surface area contributed by atoms with E-state index in [2.05, 4.69) is 63.3 Å². The van der Waals surface area contributed by atoms with E-state index in [0.717, 1.165) is 90.8 Å². The van der Waals surface area contributed by atoms with Crippen LogP contribution in [0.2, 0.25) is 0 Å². The number of nitrogens with zero attached hydrogens (tertiary/aromatic N) is 5. The van der Waals surface area contributed by atoms with Gasteiger partial charge in [0.2, 0.25) is 0 Å². The van der Waals surface area contributed by atoms with Gasteiger partial charge in [-0.3, -0.25) is 0 Å². The predicted molar refractivity (Wildman–Crippen MR) is 148 cm³/mol. The van der Waals surface area contributed by atoms with Crippen LogP contribution >= 0.6 is 0 Å². The first-order valence-corrected chi connectivity index (χ1v) is 13.9. The van der Waals surface area contributed by atoms with E-state index < -0.39 is 0 Å². The SMILES string of the molecule is Cc1nc2ncc(-c3ccc4c(c3)CN(c3nc([C@H]5CCCN5)nc5c3CC(C)(C)CC5)CCO4)cc2[nH]1. The fraction of sp³-hybridized carbons (Fsp3) is 0.467. The summed E-state index contributed by atoms with van der Waals surface area (Å²) in [5.74, 6) is 3.89. The van der Waals surface area contributed by atoms with Crippen LogP contribution in [0.25, 0.3) is 22.3 Å². The van der Waals surface area contributed by atoms with Gasteiger partial charge in [-0.2, -0.15) is 0 Å². The lowest BCUT2D eigenvalue weighted by molar-refractivity contribution is 0.310. The Hall–Kier alpha value is -3.52. The Labute approximate surface area is 223 Å². The van der Waals surface area contributed by atoms with Gasteiger partial charge in [0.15, 0.2) is 5.65 Å². The number of ether oxygens (including phenoxy) is 1. The molecule has 1 atom stereocenters. The van der Waals surface area contributed by atoms with Crippen LogP contribution in [0.1, 0.15) is 67.6 Å². The Morgan fingerprint density at radius 1 is 1.11 bits per heavy atom. The topological polar surface area (TPSA) is 91.9 Å². The van der Waals surface area contributed by atoms with E-state index in [1.807, 2.05) is 13.1 Å². The molecule has 1 aliphatic carbocycles. The van der Waals surface area contributed by atoms with E-state index in [1.165, 1.54) is 23.2 Å². The highest BCUT2D eigenvalue weighted by molar-refractivity contribution is 5.78. The summed E-state index contributed by atoms with van der Waals surface area (Å²) in [5, 5.41) is 3.61. The molecule has 8 nitrogen and oxygen atoms in total. The number of pyridine rings is 1. The summed E-state index contributed by atoms with van der Waals surface area (Å²) in [6.45, 7) is 9.91. The maximum Gasteiger partial charge on any atom is 0.177 e. The molecule has 5 heterocycles. The monoisotopic (exact) mass is 509 g/mol. The second-order valence-corrected chi connectivity index (χ2v) is 11.8. The minimum atomic E-state index is 0.252. The maximum atomic E-state index is 6.25. The molecular formula is C30H35N7O. The number of hydrogen-bond donors (Lipinski definition) is 2. The molecule has 0 amide bonds. The molecule has 1 fully saturated rings. The van der Waals surface area contributed by atoms with Gasteiger partial charge in [-0.1, -0.05) is 19.9 Å². The summed E-state index contributed by atoms with van der Waals surface area (Å²) in [6.07, 6.45) is 7.38. The fourth-order valence-electron chi connectivity index (χ4n) is 6.20. The van der Waals surface area contributed by atoms with Crippen LogP contribution in [0.15, 0.2) is 30.5 Å². The van der Waals surface area contributed by atoms with Crippen LogP contribution in [0.3, 0.4) is 0 Å². The zero-order valence-electron chi connectivity index (χ0n) is 22.5. The van der Waals surface area contributed by atoms with Crippen molar-refractivity contribution in [2.75, 3.05) is 24.6 Å². The molecular weight excluding hydrogens is 474 g/mol. The fourth-order valence-corrected chi connectivity index (χ4v) is 6.20. The molecule has 0 saturated carbocycles. The van der Waals surface area contributed by atoms with Crippen molar-refractivity contribution in [3.05, 3.63) is 58.9 Å². The Morgan fingerprint density at radius 2 is 2.03 bits per heavy atom. The summed E-state index contributed by atoms with van der Waals surface area (Å²) in [5.41, 5.74) is 7.88. The van der Waals surface area contributed by atoms with Crippen molar-refractivity contribution >= 4 is 17.0 Å². The lowest BCUT2D eigenvalue weighted by Crippen LogP contribution is -2.32. The highest BCUT2D eigenvalue weighted by Crippen LogP contribution is 2.40. The van der Waals surface area contributed by atoms with Crippen LogP contribution in [0.5, 0.6) is 5.75 Å². The number of hydrogen-bond acceptors (Lipinski definition) is 7. The Morgan fingerprint density at radius 3 is 2.89 bits per heavy atom. The molecule has 7 rings (SSSR count). The zero-order valence-corrected chi connectivity index (χ0v) is 22.5. The molecule has 1 aromatic carbocycles. The van der Waals surface area contributed by atoms with Gasteiger partial charge in [0.25, 0.3) is 0 Å². The lowest BCUT2D eigenvalue weighted by atomic mass is 9.76. The first-order chi connectivity index (χ1) is 18.4. The number of fused-ring (bicyclic) bond motifs is 3. The molecule has 3 aliphatic rings. The summed E-state index contributed by atoms with van der Waals surface area (Å²) in [4.78, 5) is 25.1. The van der Waals surface area contributed by atoms with Gasteiger partial charge in [-0.05, 0) is 74.8 Å². The molecule has 196 valence electrons. The Bertz CT molecular complexity index is 1520. The summed E-state index contributed by atoms with van der Waals surface area (Å²) >= 11 is 0. The van der Waals surface area contributed by atoms with Crippen molar-refractivity contribution in [1.29, 1.82) is 0 Å². The molecule has 0 unspecified atom stereocenters. The minimum Gasteiger partial charge on any atom is -0.491 e.